The van der Waals surface area contributed by atoms with Crippen LogP contribution in [-0.4, -0.2) is 25.5 Å². The van der Waals surface area contributed by atoms with Crippen molar-refractivity contribution in [2.45, 2.75) is 31.6 Å². The Morgan fingerprint density at radius 1 is 1.08 bits per heavy atom. The maximum atomic E-state index is 12.4. The van der Waals surface area contributed by atoms with E-state index in [1.54, 1.807) is 0 Å². The Balaban J connectivity index is 1.28. The van der Waals surface area contributed by atoms with Gasteiger partial charge in [0.25, 0.3) is 0 Å². The van der Waals surface area contributed by atoms with Gasteiger partial charge in [-0.15, -0.1) is 0 Å². The van der Waals surface area contributed by atoms with Gasteiger partial charge in [-0.05, 0) is 48.3 Å². The molecule has 1 aliphatic carbocycles. The fourth-order valence-electron chi connectivity index (χ4n) is 4.00. The Bertz CT molecular complexity index is 724. The Morgan fingerprint density at radius 2 is 1.84 bits per heavy atom. The summed E-state index contributed by atoms with van der Waals surface area (Å²) in [5.41, 5.74) is 4.07. The highest BCUT2D eigenvalue weighted by atomic mass is 16.1. The minimum atomic E-state index is 0.188. The quantitative estimate of drug-likeness (QED) is 0.836. The van der Waals surface area contributed by atoms with Crippen LogP contribution < -0.4 is 10.2 Å². The van der Waals surface area contributed by atoms with Crippen LogP contribution in [0.25, 0.3) is 0 Å². The van der Waals surface area contributed by atoms with Crippen molar-refractivity contribution in [2.24, 2.45) is 5.92 Å². The average molecular weight is 334 g/mol. The molecule has 0 bridgehead atoms. The van der Waals surface area contributed by atoms with Gasteiger partial charge in [-0.1, -0.05) is 48.5 Å². The lowest BCUT2D eigenvalue weighted by Gasteiger charge is -2.20. The Hall–Kier alpha value is -2.29. The lowest BCUT2D eigenvalue weighted by atomic mass is 9.91. The average Bonchev–Trinajstić information content (AvgIpc) is 3.41. The molecule has 0 radical (unpaired) electrons. The molecule has 2 aliphatic rings. The van der Waals surface area contributed by atoms with Crippen LogP contribution in [0.15, 0.2) is 54.6 Å². The third-order valence-electron chi connectivity index (χ3n) is 5.51. The van der Waals surface area contributed by atoms with Crippen LogP contribution in [0.4, 0.5) is 5.69 Å². The van der Waals surface area contributed by atoms with Gasteiger partial charge in [-0.25, -0.2) is 0 Å². The number of amides is 1. The van der Waals surface area contributed by atoms with Crippen molar-refractivity contribution < 1.29 is 4.79 Å². The lowest BCUT2D eigenvalue weighted by Crippen LogP contribution is -2.34. The summed E-state index contributed by atoms with van der Waals surface area (Å²) < 4.78 is 0. The topological polar surface area (TPSA) is 32.3 Å². The van der Waals surface area contributed by atoms with E-state index >= 15 is 0 Å². The van der Waals surface area contributed by atoms with Gasteiger partial charge in [0.2, 0.25) is 5.91 Å². The third kappa shape index (κ3) is 3.87. The third-order valence-corrected chi connectivity index (χ3v) is 5.51. The van der Waals surface area contributed by atoms with Gasteiger partial charge >= 0.3 is 0 Å². The van der Waals surface area contributed by atoms with E-state index < -0.39 is 0 Å². The summed E-state index contributed by atoms with van der Waals surface area (Å²) in [6.45, 7) is 2.67. The van der Waals surface area contributed by atoms with Crippen LogP contribution in [0.5, 0.6) is 0 Å². The van der Waals surface area contributed by atoms with Crippen LogP contribution in [-0.2, 0) is 11.2 Å². The molecule has 130 valence electrons. The number of para-hydroxylation sites is 1. The van der Waals surface area contributed by atoms with Crippen molar-refractivity contribution in [2.75, 3.05) is 24.5 Å². The Labute approximate surface area is 150 Å². The molecule has 0 aromatic heterocycles. The van der Waals surface area contributed by atoms with E-state index in [0.29, 0.717) is 18.3 Å². The summed E-state index contributed by atoms with van der Waals surface area (Å²) in [4.78, 5) is 14.8. The van der Waals surface area contributed by atoms with E-state index in [2.05, 4.69) is 58.7 Å². The normalized spacial score (nSPS) is 17.2. The van der Waals surface area contributed by atoms with Gasteiger partial charge in [0.05, 0.1) is 0 Å². The summed E-state index contributed by atoms with van der Waals surface area (Å²) in [5.74, 6) is 1.26. The summed E-state index contributed by atoms with van der Waals surface area (Å²) in [6, 6.07) is 19.1. The molecule has 0 saturated heterocycles. The lowest BCUT2D eigenvalue weighted by molar-refractivity contribution is -0.121. The first-order valence-corrected chi connectivity index (χ1v) is 9.46. The molecule has 1 aliphatic heterocycles. The number of hydrogen-bond donors (Lipinski definition) is 1. The zero-order chi connectivity index (χ0) is 17.1. The first-order valence-electron chi connectivity index (χ1n) is 9.46. The predicted molar refractivity (Wildman–Crippen MR) is 102 cm³/mol. The van der Waals surface area contributed by atoms with Crippen LogP contribution in [0.3, 0.4) is 0 Å². The Morgan fingerprint density at radius 3 is 2.64 bits per heavy atom. The highest BCUT2D eigenvalue weighted by molar-refractivity contribution is 5.77. The van der Waals surface area contributed by atoms with E-state index in [4.69, 9.17) is 0 Å². The molecule has 3 nitrogen and oxygen atoms in total. The van der Waals surface area contributed by atoms with Crippen LogP contribution in [0.1, 0.15) is 36.3 Å². The van der Waals surface area contributed by atoms with E-state index in [9.17, 15) is 4.79 Å². The number of hydrogen-bond acceptors (Lipinski definition) is 2. The largest absolute Gasteiger partial charge is 0.369 e. The molecule has 1 heterocycles. The second kappa shape index (κ2) is 7.30. The van der Waals surface area contributed by atoms with Crippen molar-refractivity contribution in [3.8, 4) is 0 Å². The molecule has 2 aromatic rings. The van der Waals surface area contributed by atoms with Gasteiger partial charge < -0.3 is 10.2 Å². The van der Waals surface area contributed by atoms with Crippen molar-refractivity contribution in [1.29, 1.82) is 0 Å². The van der Waals surface area contributed by atoms with E-state index in [0.717, 1.165) is 26.1 Å². The fourth-order valence-corrected chi connectivity index (χ4v) is 4.00. The zero-order valence-corrected chi connectivity index (χ0v) is 14.7. The number of carbonyl (C=O) groups is 1. The van der Waals surface area contributed by atoms with Crippen molar-refractivity contribution in [1.82, 2.24) is 5.32 Å². The number of carbonyl (C=O) groups excluding carboxylic acids is 1. The highest BCUT2D eigenvalue weighted by Gasteiger charge is 2.33. The summed E-state index contributed by atoms with van der Waals surface area (Å²) >= 11 is 0. The van der Waals surface area contributed by atoms with E-state index in [-0.39, 0.29) is 5.91 Å². The van der Waals surface area contributed by atoms with Crippen molar-refractivity contribution >= 4 is 11.6 Å². The first kappa shape index (κ1) is 16.2. The van der Waals surface area contributed by atoms with Gasteiger partial charge in [0, 0.05) is 31.7 Å². The number of benzene rings is 2. The molecule has 0 spiro atoms. The predicted octanol–water partition coefficient (Wildman–Crippen LogP) is 3.75. The number of fused-ring (bicyclic) bond motifs is 1. The monoisotopic (exact) mass is 334 g/mol. The minimum Gasteiger partial charge on any atom is -0.369 e. The SMILES string of the molecule is O=C(CC(c1ccccc1)C1CC1)NCCN1CCc2ccccc21. The maximum Gasteiger partial charge on any atom is 0.220 e. The molecule has 1 atom stereocenters. The standard InChI is InChI=1S/C22H26N2O/c25-22(16-20(18-10-11-18)17-6-2-1-3-7-17)23-13-15-24-14-12-19-8-4-5-9-21(19)24/h1-9,18,20H,10-16H2,(H,23,25). The van der Waals surface area contributed by atoms with Crippen LogP contribution >= 0.6 is 0 Å². The van der Waals surface area contributed by atoms with Crippen LogP contribution in [0.2, 0.25) is 0 Å². The number of nitrogens with one attached hydrogen (secondary N) is 1. The van der Waals surface area contributed by atoms with Crippen molar-refractivity contribution in [3.63, 3.8) is 0 Å². The minimum absolute atomic E-state index is 0.188. The smallest absolute Gasteiger partial charge is 0.220 e. The van der Waals surface area contributed by atoms with Crippen molar-refractivity contribution in [3.05, 3.63) is 65.7 Å². The Kier molecular flexibility index (Phi) is 4.73. The molecule has 1 fully saturated rings. The number of anilines is 1. The molecule has 1 N–H and O–H groups in total. The molecular weight excluding hydrogens is 308 g/mol. The van der Waals surface area contributed by atoms with E-state index in [1.807, 2.05) is 6.07 Å². The molecule has 1 saturated carbocycles. The zero-order valence-electron chi connectivity index (χ0n) is 14.7. The van der Waals surface area contributed by atoms with Gasteiger partial charge in [0.15, 0.2) is 0 Å². The summed E-state index contributed by atoms with van der Waals surface area (Å²) in [5, 5.41) is 3.14. The van der Waals surface area contributed by atoms with Gasteiger partial charge in [0.1, 0.15) is 0 Å². The molecule has 1 unspecified atom stereocenters. The molecule has 25 heavy (non-hydrogen) atoms. The van der Waals surface area contributed by atoms with E-state index in [1.165, 1.54) is 29.7 Å². The molecule has 4 rings (SSSR count). The second-order valence-electron chi connectivity index (χ2n) is 7.27. The molecule has 3 heteroatoms. The molecule has 2 aromatic carbocycles. The summed E-state index contributed by atoms with van der Waals surface area (Å²) in [7, 11) is 0. The highest BCUT2D eigenvalue weighted by Crippen LogP contribution is 2.44. The first-order chi connectivity index (χ1) is 12.3. The number of nitrogens with zero attached hydrogens (tertiary/aromatic N) is 1. The van der Waals surface area contributed by atoms with Crippen LogP contribution in [0, 0.1) is 5.92 Å². The maximum absolute atomic E-state index is 12.4. The van der Waals surface area contributed by atoms with Gasteiger partial charge in [-0.2, -0.15) is 0 Å². The molecule has 1 amide bonds. The second-order valence-corrected chi connectivity index (χ2v) is 7.27. The summed E-state index contributed by atoms with van der Waals surface area (Å²) in [6.07, 6.45) is 4.25. The number of rotatable bonds is 7. The van der Waals surface area contributed by atoms with Gasteiger partial charge in [-0.3, -0.25) is 4.79 Å². The fraction of sp³-hybridized carbons (Fsp3) is 0.409. The molecular formula is C22H26N2O.